The van der Waals surface area contributed by atoms with Gasteiger partial charge >= 0.3 is 11.9 Å². The zero-order chi connectivity index (χ0) is 15.4. The third kappa shape index (κ3) is 3.58. The molecule has 0 unspecified atom stereocenters. The van der Waals surface area contributed by atoms with E-state index < -0.39 is 11.9 Å². The number of methoxy groups -OCH3 is 2. The molecule has 5 nitrogen and oxygen atoms in total. The molecule has 8 heteroatoms. The first-order valence-corrected chi connectivity index (χ1v) is 8.07. The molecule has 0 aliphatic carbocycles. The summed E-state index contributed by atoms with van der Waals surface area (Å²) < 4.78 is 10.1. The molecule has 2 rings (SSSR count). The van der Waals surface area contributed by atoms with Crippen molar-refractivity contribution in [3.63, 3.8) is 0 Å². The van der Waals surface area contributed by atoms with Crippen molar-refractivity contribution in [2.75, 3.05) is 14.2 Å². The van der Waals surface area contributed by atoms with Crippen LogP contribution in [0.1, 0.15) is 14.5 Å². The lowest BCUT2D eigenvalue weighted by molar-refractivity contribution is -0.138. The van der Waals surface area contributed by atoms with Gasteiger partial charge < -0.3 is 9.47 Å². The Morgan fingerprint density at radius 2 is 1.52 bits per heavy atom. The molecule has 0 amide bonds. The zero-order valence-corrected chi connectivity index (χ0v) is 13.5. The van der Waals surface area contributed by atoms with Crippen molar-refractivity contribution in [3.8, 4) is 0 Å². The summed E-state index contributed by atoms with van der Waals surface area (Å²) in [7, 11) is 2.51. The van der Waals surface area contributed by atoms with Crippen molar-refractivity contribution in [1.82, 2.24) is 0 Å². The van der Waals surface area contributed by atoms with Crippen LogP contribution in [-0.4, -0.2) is 32.4 Å². The highest BCUT2D eigenvalue weighted by Crippen LogP contribution is 2.50. The Bertz CT molecular complexity index is 627. The van der Waals surface area contributed by atoms with Crippen LogP contribution in [0.5, 0.6) is 0 Å². The van der Waals surface area contributed by atoms with E-state index in [9.17, 15) is 14.4 Å². The summed E-state index contributed by atoms with van der Waals surface area (Å²) in [5, 5.41) is 0. The Hall–Kier alpha value is -1.51. The van der Waals surface area contributed by atoms with Gasteiger partial charge in [0.2, 0.25) is 0 Å². The van der Waals surface area contributed by atoms with Crippen LogP contribution >= 0.6 is 34.9 Å². The highest BCUT2D eigenvalue weighted by Gasteiger charge is 2.32. The standard InChI is InChI=1S/C13H10O5S3/c1-17-12(15)10-11(13(16)18-2)21-9(20-10)5-7-3-4-8(6-14)19-7/h3-6H,1-2H3. The van der Waals surface area contributed by atoms with Crippen LogP contribution in [0, 0.1) is 0 Å². The molecule has 0 bridgehead atoms. The number of thioether (sulfide) groups is 2. The van der Waals surface area contributed by atoms with Crippen molar-refractivity contribution in [3.05, 3.63) is 35.9 Å². The SMILES string of the molecule is COC(=O)C1=C(C(=O)OC)SC(=Cc2ccc(C=O)s2)S1. The summed E-state index contributed by atoms with van der Waals surface area (Å²) >= 11 is 3.64. The fourth-order valence-corrected chi connectivity index (χ4v) is 4.75. The summed E-state index contributed by atoms with van der Waals surface area (Å²) in [6.07, 6.45) is 2.59. The van der Waals surface area contributed by atoms with Crippen LogP contribution in [0.15, 0.2) is 26.2 Å². The molecule has 0 saturated heterocycles. The lowest BCUT2D eigenvalue weighted by atomic mass is 10.4. The summed E-state index contributed by atoms with van der Waals surface area (Å²) in [6.45, 7) is 0. The maximum atomic E-state index is 11.7. The average Bonchev–Trinajstić information content (AvgIpc) is 3.12. The molecular weight excluding hydrogens is 332 g/mol. The van der Waals surface area contributed by atoms with E-state index in [0.29, 0.717) is 4.88 Å². The number of rotatable bonds is 4. The number of thiophene rings is 1. The summed E-state index contributed by atoms with van der Waals surface area (Å²) in [5.41, 5.74) is 0. The molecule has 21 heavy (non-hydrogen) atoms. The fourth-order valence-electron chi connectivity index (χ4n) is 1.45. The number of hydrogen-bond acceptors (Lipinski definition) is 8. The van der Waals surface area contributed by atoms with E-state index in [4.69, 9.17) is 0 Å². The van der Waals surface area contributed by atoms with E-state index in [0.717, 1.165) is 38.9 Å². The minimum absolute atomic E-state index is 0.216. The van der Waals surface area contributed by atoms with Crippen molar-refractivity contribution in [1.29, 1.82) is 0 Å². The summed E-state index contributed by atoms with van der Waals surface area (Å²) in [5.74, 6) is -1.15. The van der Waals surface area contributed by atoms with Crippen molar-refractivity contribution in [2.45, 2.75) is 0 Å². The molecule has 1 aliphatic rings. The molecule has 0 spiro atoms. The Kier molecular flexibility index (Phi) is 5.27. The van der Waals surface area contributed by atoms with E-state index in [1.807, 2.05) is 6.08 Å². The summed E-state index contributed by atoms with van der Waals surface area (Å²) in [4.78, 5) is 36.0. The first kappa shape index (κ1) is 15.9. The summed E-state index contributed by atoms with van der Waals surface area (Å²) in [6, 6.07) is 3.51. The van der Waals surface area contributed by atoms with Gasteiger partial charge in [-0.3, -0.25) is 4.79 Å². The molecule has 0 aromatic carbocycles. The van der Waals surface area contributed by atoms with Gasteiger partial charge in [-0.1, -0.05) is 23.5 Å². The van der Waals surface area contributed by atoms with Crippen LogP contribution in [-0.2, 0) is 19.1 Å². The minimum atomic E-state index is -0.573. The van der Waals surface area contributed by atoms with E-state index in [1.54, 1.807) is 12.1 Å². The smallest absolute Gasteiger partial charge is 0.346 e. The van der Waals surface area contributed by atoms with Crippen LogP contribution in [0.2, 0.25) is 0 Å². The van der Waals surface area contributed by atoms with Gasteiger partial charge in [0, 0.05) is 4.88 Å². The quantitative estimate of drug-likeness (QED) is 0.615. The predicted molar refractivity (Wildman–Crippen MR) is 83.9 cm³/mol. The second-order valence-corrected chi connectivity index (χ2v) is 7.18. The largest absolute Gasteiger partial charge is 0.465 e. The molecule has 0 atom stereocenters. The van der Waals surface area contributed by atoms with Gasteiger partial charge in [-0.15, -0.1) is 11.3 Å². The number of carbonyl (C=O) groups is 3. The highest BCUT2D eigenvalue weighted by atomic mass is 32.2. The number of aldehydes is 1. The van der Waals surface area contributed by atoms with Crippen LogP contribution < -0.4 is 0 Å². The maximum Gasteiger partial charge on any atom is 0.346 e. The lowest BCUT2D eigenvalue weighted by Crippen LogP contribution is -2.08. The minimum Gasteiger partial charge on any atom is -0.465 e. The fraction of sp³-hybridized carbons (Fsp3) is 0.154. The third-order valence-corrected chi connectivity index (χ3v) is 5.75. The predicted octanol–water partition coefficient (Wildman–Crippen LogP) is 2.90. The van der Waals surface area contributed by atoms with Crippen LogP contribution in [0.25, 0.3) is 6.08 Å². The second-order valence-electron chi connectivity index (χ2n) is 3.67. The molecule has 1 aromatic rings. The van der Waals surface area contributed by atoms with Gasteiger partial charge in [0.15, 0.2) is 6.29 Å². The van der Waals surface area contributed by atoms with Gasteiger partial charge in [-0.2, -0.15) is 0 Å². The molecule has 1 aromatic heterocycles. The van der Waals surface area contributed by atoms with Crippen molar-refractivity contribution < 1.29 is 23.9 Å². The van der Waals surface area contributed by atoms with Gasteiger partial charge in [0.05, 0.1) is 23.3 Å². The molecule has 0 saturated carbocycles. The zero-order valence-electron chi connectivity index (χ0n) is 11.1. The average molecular weight is 342 g/mol. The van der Waals surface area contributed by atoms with Crippen molar-refractivity contribution >= 4 is 59.2 Å². The van der Waals surface area contributed by atoms with Gasteiger partial charge in [0.1, 0.15) is 9.81 Å². The number of esters is 2. The molecule has 0 fully saturated rings. The lowest BCUT2D eigenvalue weighted by Gasteiger charge is -2.00. The Morgan fingerprint density at radius 1 is 1.00 bits per heavy atom. The molecule has 0 radical (unpaired) electrons. The molecular formula is C13H10O5S3. The molecule has 1 aliphatic heterocycles. The van der Waals surface area contributed by atoms with E-state index in [-0.39, 0.29) is 9.81 Å². The molecule has 110 valence electrons. The van der Waals surface area contributed by atoms with E-state index in [1.165, 1.54) is 25.6 Å². The van der Waals surface area contributed by atoms with Crippen LogP contribution in [0.4, 0.5) is 0 Å². The monoisotopic (exact) mass is 342 g/mol. The first-order chi connectivity index (χ1) is 10.1. The van der Waals surface area contributed by atoms with Gasteiger partial charge in [-0.05, 0) is 18.2 Å². The van der Waals surface area contributed by atoms with E-state index in [2.05, 4.69) is 9.47 Å². The number of hydrogen-bond donors (Lipinski definition) is 0. The Labute approximate surface area is 133 Å². The third-order valence-electron chi connectivity index (χ3n) is 2.38. The Morgan fingerprint density at radius 3 is 1.95 bits per heavy atom. The highest BCUT2D eigenvalue weighted by molar-refractivity contribution is 8.29. The normalized spacial score (nSPS) is 14.1. The van der Waals surface area contributed by atoms with Crippen molar-refractivity contribution in [2.24, 2.45) is 0 Å². The number of ether oxygens (including phenoxy) is 2. The first-order valence-electron chi connectivity index (χ1n) is 5.62. The topological polar surface area (TPSA) is 69.7 Å². The van der Waals surface area contributed by atoms with Gasteiger partial charge in [-0.25, -0.2) is 9.59 Å². The number of carbonyl (C=O) groups excluding carboxylic acids is 3. The van der Waals surface area contributed by atoms with Crippen LogP contribution in [0.3, 0.4) is 0 Å². The Balaban J connectivity index is 2.26. The molecule has 0 N–H and O–H groups in total. The van der Waals surface area contributed by atoms with Gasteiger partial charge in [0.25, 0.3) is 0 Å². The van der Waals surface area contributed by atoms with E-state index >= 15 is 0 Å². The molecule has 2 heterocycles. The second kappa shape index (κ2) is 6.97. The maximum absolute atomic E-state index is 11.7.